The smallest absolute Gasteiger partial charge is 0.269 e. The summed E-state index contributed by atoms with van der Waals surface area (Å²) < 4.78 is 0. The highest BCUT2D eigenvalue weighted by Gasteiger charge is 2.12. The molecule has 1 heterocycles. The van der Waals surface area contributed by atoms with Crippen molar-refractivity contribution in [2.24, 2.45) is 5.73 Å². The molecule has 0 bridgehead atoms. The lowest BCUT2D eigenvalue weighted by molar-refractivity contribution is -0.115. The maximum Gasteiger partial charge on any atom is 0.269 e. The monoisotopic (exact) mass is 289 g/mol. The number of benzene rings is 1. The maximum atomic E-state index is 12.0. The highest BCUT2D eigenvalue weighted by molar-refractivity contribution is 6.31. The Labute approximate surface area is 120 Å². The van der Waals surface area contributed by atoms with E-state index in [0.29, 0.717) is 10.6 Å². The van der Waals surface area contributed by atoms with E-state index in [4.69, 9.17) is 17.3 Å². The van der Waals surface area contributed by atoms with Crippen LogP contribution < -0.4 is 11.1 Å². The summed E-state index contributed by atoms with van der Waals surface area (Å²) in [6, 6.07) is 10.2. The number of nitrogens with zero attached hydrogens (tertiary/aromatic N) is 1. The Morgan fingerprint density at radius 1 is 1.20 bits per heavy atom. The number of anilines is 1. The second-order valence-electron chi connectivity index (χ2n) is 4.08. The topological polar surface area (TPSA) is 85.1 Å². The molecule has 2 amide bonds. The summed E-state index contributed by atoms with van der Waals surface area (Å²) in [6.07, 6.45) is 1.54. The Morgan fingerprint density at radius 2 is 1.95 bits per heavy atom. The number of halogens is 1. The third-order valence-corrected chi connectivity index (χ3v) is 2.99. The molecule has 0 aliphatic heterocycles. The first-order valence-electron chi connectivity index (χ1n) is 5.86. The van der Waals surface area contributed by atoms with Gasteiger partial charge >= 0.3 is 0 Å². The number of nitrogens with two attached hydrogens (primary N) is 1. The second-order valence-corrected chi connectivity index (χ2v) is 4.49. The fraction of sp³-hybridized carbons (Fsp3) is 0.0714. The predicted molar refractivity (Wildman–Crippen MR) is 76.5 cm³/mol. The van der Waals surface area contributed by atoms with E-state index in [-0.39, 0.29) is 23.7 Å². The Hall–Kier alpha value is -2.40. The van der Waals surface area contributed by atoms with Gasteiger partial charge in [-0.3, -0.25) is 9.59 Å². The Bertz CT molecular complexity index is 658. The van der Waals surface area contributed by atoms with E-state index >= 15 is 0 Å². The quantitative estimate of drug-likeness (QED) is 0.903. The largest absolute Gasteiger partial charge is 0.364 e. The molecule has 2 rings (SSSR count). The molecule has 1 aromatic heterocycles. The molecule has 6 heteroatoms. The van der Waals surface area contributed by atoms with Gasteiger partial charge < -0.3 is 11.1 Å². The van der Waals surface area contributed by atoms with Crippen molar-refractivity contribution in [2.75, 3.05) is 5.32 Å². The van der Waals surface area contributed by atoms with Gasteiger partial charge in [0.1, 0.15) is 0 Å². The van der Waals surface area contributed by atoms with E-state index in [0.717, 1.165) is 0 Å². The number of amides is 2. The molecule has 5 nitrogen and oxygen atoms in total. The standard InChI is InChI=1S/C14H12ClN3O2/c15-10-5-2-1-4-9(10)8-12(19)18-11-6-3-7-17-13(11)14(16)20/h1-7H,8H2,(H2,16,20)(H,18,19). The van der Waals surface area contributed by atoms with Crippen molar-refractivity contribution in [3.05, 3.63) is 58.9 Å². The van der Waals surface area contributed by atoms with E-state index in [2.05, 4.69) is 10.3 Å². The molecule has 20 heavy (non-hydrogen) atoms. The van der Waals surface area contributed by atoms with Crippen LogP contribution in [0.2, 0.25) is 5.02 Å². The fourth-order valence-corrected chi connectivity index (χ4v) is 1.91. The molecule has 3 N–H and O–H groups in total. The van der Waals surface area contributed by atoms with Crippen LogP contribution in [0, 0.1) is 0 Å². The number of hydrogen-bond acceptors (Lipinski definition) is 3. The third kappa shape index (κ3) is 3.33. The van der Waals surface area contributed by atoms with Gasteiger partial charge in [0.05, 0.1) is 12.1 Å². The Kier molecular flexibility index (Phi) is 4.32. The maximum absolute atomic E-state index is 12.0. The average molecular weight is 290 g/mol. The molecule has 0 atom stereocenters. The number of carbonyl (C=O) groups is 2. The number of nitrogens with one attached hydrogen (secondary N) is 1. The highest BCUT2D eigenvalue weighted by Crippen LogP contribution is 2.17. The van der Waals surface area contributed by atoms with E-state index in [9.17, 15) is 9.59 Å². The van der Waals surface area contributed by atoms with Gasteiger partial charge in [0, 0.05) is 11.2 Å². The van der Waals surface area contributed by atoms with E-state index in [1.165, 1.54) is 6.20 Å². The van der Waals surface area contributed by atoms with E-state index in [1.807, 2.05) is 0 Å². The fourth-order valence-electron chi connectivity index (χ4n) is 1.71. The SMILES string of the molecule is NC(=O)c1ncccc1NC(=O)Cc1ccccc1Cl. The molecule has 0 aliphatic carbocycles. The molecular formula is C14H12ClN3O2. The van der Waals surface area contributed by atoms with Crippen molar-refractivity contribution in [3.8, 4) is 0 Å². The minimum Gasteiger partial charge on any atom is -0.364 e. The molecule has 0 aliphatic rings. The van der Waals surface area contributed by atoms with Crippen LogP contribution >= 0.6 is 11.6 Å². The van der Waals surface area contributed by atoms with Gasteiger partial charge in [-0.25, -0.2) is 4.98 Å². The van der Waals surface area contributed by atoms with E-state index < -0.39 is 5.91 Å². The molecule has 1 aromatic carbocycles. The Morgan fingerprint density at radius 3 is 2.65 bits per heavy atom. The van der Waals surface area contributed by atoms with Crippen molar-refractivity contribution in [3.63, 3.8) is 0 Å². The van der Waals surface area contributed by atoms with Gasteiger partial charge in [-0.05, 0) is 23.8 Å². The van der Waals surface area contributed by atoms with Crippen LogP contribution in [0.3, 0.4) is 0 Å². The number of pyridine rings is 1. The summed E-state index contributed by atoms with van der Waals surface area (Å²) in [5, 5.41) is 3.12. The Balaban J connectivity index is 2.13. The number of rotatable bonds is 4. The summed E-state index contributed by atoms with van der Waals surface area (Å²) in [6.45, 7) is 0. The molecule has 0 radical (unpaired) electrons. The summed E-state index contributed by atoms with van der Waals surface area (Å²) in [5.41, 5.74) is 6.21. The zero-order chi connectivity index (χ0) is 14.5. The van der Waals surface area contributed by atoms with Gasteiger partial charge in [-0.2, -0.15) is 0 Å². The molecule has 102 valence electrons. The van der Waals surface area contributed by atoms with Crippen molar-refractivity contribution >= 4 is 29.1 Å². The van der Waals surface area contributed by atoms with Gasteiger partial charge in [-0.1, -0.05) is 29.8 Å². The number of aromatic nitrogens is 1. The summed E-state index contributed by atoms with van der Waals surface area (Å²) in [7, 11) is 0. The lowest BCUT2D eigenvalue weighted by Crippen LogP contribution is -2.20. The number of hydrogen-bond donors (Lipinski definition) is 2. The van der Waals surface area contributed by atoms with Crippen LogP contribution in [-0.4, -0.2) is 16.8 Å². The first-order valence-corrected chi connectivity index (χ1v) is 6.24. The third-order valence-electron chi connectivity index (χ3n) is 2.62. The first-order chi connectivity index (χ1) is 9.58. The number of carbonyl (C=O) groups excluding carboxylic acids is 2. The highest BCUT2D eigenvalue weighted by atomic mass is 35.5. The number of primary amides is 1. The van der Waals surface area contributed by atoms with Crippen LogP contribution in [0.15, 0.2) is 42.6 Å². The molecule has 0 saturated heterocycles. The van der Waals surface area contributed by atoms with Crippen LogP contribution in [0.1, 0.15) is 16.1 Å². The van der Waals surface area contributed by atoms with Crippen molar-refractivity contribution in [1.29, 1.82) is 0 Å². The molecular weight excluding hydrogens is 278 g/mol. The minimum atomic E-state index is -0.696. The van der Waals surface area contributed by atoms with Crippen LogP contribution in [0.4, 0.5) is 5.69 Å². The molecule has 2 aromatic rings. The minimum absolute atomic E-state index is 0.0278. The first kappa shape index (κ1) is 14.0. The predicted octanol–water partition coefficient (Wildman–Crippen LogP) is 2.02. The lowest BCUT2D eigenvalue weighted by atomic mass is 10.1. The second kappa shape index (κ2) is 6.16. The normalized spacial score (nSPS) is 10.1. The summed E-state index contributed by atoms with van der Waals surface area (Å²) in [4.78, 5) is 27.0. The van der Waals surface area contributed by atoms with Crippen LogP contribution in [0.5, 0.6) is 0 Å². The van der Waals surface area contributed by atoms with Crippen molar-refractivity contribution < 1.29 is 9.59 Å². The van der Waals surface area contributed by atoms with Crippen molar-refractivity contribution in [2.45, 2.75) is 6.42 Å². The van der Waals surface area contributed by atoms with Crippen molar-refractivity contribution in [1.82, 2.24) is 4.98 Å². The summed E-state index contributed by atoms with van der Waals surface area (Å²) >= 11 is 5.99. The van der Waals surface area contributed by atoms with Gasteiger partial charge in [0.25, 0.3) is 5.91 Å². The van der Waals surface area contributed by atoms with Gasteiger partial charge in [0.15, 0.2) is 5.69 Å². The van der Waals surface area contributed by atoms with E-state index in [1.54, 1.807) is 36.4 Å². The zero-order valence-corrected chi connectivity index (χ0v) is 11.2. The average Bonchev–Trinajstić information content (AvgIpc) is 2.41. The molecule has 0 saturated carbocycles. The van der Waals surface area contributed by atoms with Gasteiger partial charge in [-0.15, -0.1) is 0 Å². The van der Waals surface area contributed by atoms with Crippen LogP contribution in [0.25, 0.3) is 0 Å². The molecule has 0 fully saturated rings. The zero-order valence-electron chi connectivity index (χ0n) is 10.5. The lowest BCUT2D eigenvalue weighted by Gasteiger charge is -2.08. The summed E-state index contributed by atoms with van der Waals surface area (Å²) in [5.74, 6) is -0.993. The molecule has 0 spiro atoms. The molecule has 0 unspecified atom stereocenters. The van der Waals surface area contributed by atoms with Gasteiger partial charge in [0.2, 0.25) is 5.91 Å². The van der Waals surface area contributed by atoms with Crippen LogP contribution in [-0.2, 0) is 11.2 Å².